The average Bonchev–Trinajstić information content (AvgIpc) is 2.18. The number of alkyl halides is 3. The van der Waals surface area contributed by atoms with Crippen molar-refractivity contribution in [3.05, 3.63) is 28.2 Å². The van der Waals surface area contributed by atoms with Gasteiger partial charge in [-0.1, -0.05) is 0 Å². The smallest absolute Gasteiger partial charge is 0.406 e. The molecule has 0 spiro atoms. The number of hydrogen-bond acceptors (Lipinski definition) is 3. The summed E-state index contributed by atoms with van der Waals surface area (Å²) in [5.74, 6) is -0.503. The molecule has 0 aliphatic heterocycles. The van der Waals surface area contributed by atoms with Gasteiger partial charge < -0.3 is 9.30 Å². The lowest BCUT2D eigenvalue weighted by atomic mass is 10.2. The first-order valence-corrected chi connectivity index (χ1v) is 4.68. The fraction of sp³-hybridized carbons (Fsp3) is 0.333. The Balaban J connectivity index is 3.31. The second-order valence-electron chi connectivity index (χ2n) is 3.08. The monoisotopic (exact) mass is 269 g/mol. The van der Waals surface area contributed by atoms with E-state index in [1.807, 2.05) is 0 Å². The third kappa shape index (κ3) is 3.23. The number of carbonyl (C=O) groups is 1. The average molecular weight is 270 g/mol. The molecule has 0 unspecified atom stereocenters. The van der Waals surface area contributed by atoms with E-state index in [0.717, 1.165) is 19.4 Å². The number of ether oxygens (including phenoxy) is 1. The van der Waals surface area contributed by atoms with Crippen molar-refractivity contribution in [1.29, 1.82) is 0 Å². The summed E-state index contributed by atoms with van der Waals surface area (Å²) in [5, 5.41) is -0.974. The minimum atomic E-state index is -4.54. The van der Waals surface area contributed by atoms with E-state index in [2.05, 4.69) is 4.74 Å². The van der Waals surface area contributed by atoms with E-state index in [1.54, 1.807) is 0 Å². The van der Waals surface area contributed by atoms with E-state index in [0.29, 0.717) is 4.57 Å². The maximum Gasteiger partial charge on any atom is 0.406 e. The van der Waals surface area contributed by atoms with Crippen molar-refractivity contribution in [2.45, 2.75) is 12.7 Å². The van der Waals surface area contributed by atoms with Crippen molar-refractivity contribution < 1.29 is 22.7 Å². The van der Waals surface area contributed by atoms with Gasteiger partial charge in [0.05, 0.1) is 12.7 Å². The minimum absolute atomic E-state index is 0.266. The highest BCUT2D eigenvalue weighted by Crippen LogP contribution is 2.19. The van der Waals surface area contributed by atoms with E-state index < -0.39 is 29.3 Å². The first-order chi connectivity index (χ1) is 7.76. The lowest BCUT2D eigenvalue weighted by Gasteiger charge is -2.11. The molecule has 0 saturated carbocycles. The molecule has 0 aromatic carbocycles. The summed E-state index contributed by atoms with van der Waals surface area (Å²) in [7, 11) is 1.07. The van der Waals surface area contributed by atoms with Gasteiger partial charge in [0.2, 0.25) is 0 Å². The quantitative estimate of drug-likeness (QED) is 0.786. The third-order valence-corrected chi connectivity index (χ3v) is 2.09. The molecule has 17 heavy (non-hydrogen) atoms. The summed E-state index contributed by atoms with van der Waals surface area (Å²) in [5.41, 5.74) is -1.33. The molecule has 8 heteroatoms. The molecule has 0 aliphatic rings. The molecule has 0 bridgehead atoms. The zero-order chi connectivity index (χ0) is 13.2. The molecule has 4 nitrogen and oxygen atoms in total. The summed E-state index contributed by atoms with van der Waals surface area (Å²) < 4.78 is 41.3. The molecule has 1 rings (SSSR count). The number of rotatable bonds is 3. The molecule has 94 valence electrons. The van der Waals surface area contributed by atoms with Crippen LogP contribution in [0.5, 0.6) is 5.75 Å². The number of hydrogen-bond donors (Lipinski definition) is 0. The highest BCUT2D eigenvalue weighted by molar-refractivity contribution is 6.68. The molecule has 1 heterocycles. The molecule has 1 aromatic heterocycles. The number of carbonyl (C=O) groups excluding carboxylic acids is 1. The van der Waals surface area contributed by atoms with Crippen molar-refractivity contribution in [2.75, 3.05) is 7.11 Å². The van der Waals surface area contributed by atoms with Crippen molar-refractivity contribution in [3.8, 4) is 5.75 Å². The highest BCUT2D eigenvalue weighted by Gasteiger charge is 2.29. The number of methoxy groups -OCH3 is 1. The standard InChI is InChI=1S/C9H7ClF3NO3/c1-17-6-5(7(10)15)2-3-14(8(6)16)4-9(11,12)13/h2-3H,4H2,1H3. The van der Waals surface area contributed by atoms with Crippen LogP contribution >= 0.6 is 11.6 Å². The van der Waals surface area contributed by atoms with Gasteiger partial charge in [0, 0.05) is 6.20 Å². The van der Waals surface area contributed by atoms with Crippen LogP contribution in [0.25, 0.3) is 0 Å². The second kappa shape index (κ2) is 4.79. The Kier molecular flexibility index (Phi) is 3.82. The van der Waals surface area contributed by atoms with Crippen molar-refractivity contribution in [2.24, 2.45) is 0 Å². The van der Waals surface area contributed by atoms with Crippen molar-refractivity contribution >= 4 is 16.8 Å². The van der Waals surface area contributed by atoms with Gasteiger partial charge in [0.15, 0.2) is 5.75 Å². The predicted molar refractivity (Wildman–Crippen MR) is 53.5 cm³/mol. The van der Waals surface area contributed by atoms with Crippen LogP contribution in [0, 0.1) is 0 Å². The lowest BCUT2D eigenvalue weighted by Crippen LogP contribution is -2.29. The summed E-state index contributed by atoms with van der Waals surface area (Å²) >= 11 is 5.16. The molecule has 0 fully saturated rings. The number of pyridine rings is 1. The molecule has 1 aromatic rings. The van der Waals surface area contributed by atoms with E-state index in [9.17, 15) is 22.8 Å². The molecule has 0 amide bonds. The normalized spacial score (nSPS) is 11.4. The van der Waals surface area contributed by atoms with Crippen molar-refractivity contribution in [3.63, 3.8) is 0 Å². The molecule has 0 aliphatic carbocycles. The molecular weight excluding hydrogens is 263 g/mol. The van der Waals surface area contributed by atoms with E-state index >= 15 is 0 Å². The van der Waals surface area contributed by atoms with E-state index in [-0.39, 0.29) is 5.56 Å². The highest BCUT2D eigenvalue weighted by atomic mass is 35.5. The van der Waals surface area contributed by atoms with Gasteiger partial charge in [-0.05, 0) is 17.7 Å². The first-order valence-electron chi connectivity index (χ1n) is 4.30. The largest absolute Gasteiger partial charge is 0.491 e. The fourth-order valence-corrected chi connectivity index (χ4v) is 1.37. The molecule has 0 N–H and O–H groups in total. The van der Waals surface area contributed by atoms with Crippen LogP contribution in [-0.2, 0) is 6.54 Å². The topological polar surface area (TPSA) is 48.3 Å². The lowest BCUT2D eigenvalue weighted by molar-refractivity contribution is -0.141. The Morgan fingerprint density at radius 1 is 1.53 bits per heavy atom. The van der Waals surface area contributed by atoms with Gasteiger partial charge in [-0.15, -0.1) is 0 Å². The van der Waals surface area contributed by atoms with E-state index in [1.165, 1.54) is 0 Å². The van der Waals surface area contributed by atoms with Gasteiger partial charge in [0.25, 0.3) is 10.8 Å². The molecular formula is C9H7ClF3NO3. The number of halogens is 4. The van der Waals surface area contributed by atoms with Gasteiger partial charge in [-0.2, -0.15) is 13.2 Å². The summed E-state index contributed by atoms with van der Waals surface area (Å²) in [6.45, 7) is -1.46. The third-order valence-electron chi connectivity index (χ3n) is 1.89. The minimum Gasteiger partial charge on any atom is -0.491 e. The maximum absolute atomic E-state index is 12.1. The summed E-state index contributed by atoms with van der Waals surface area (Å²) in [6.07, 6.45) is -3.70. The van der Waals surface area contributed by atoms with Crippen LogP contribution in [0.4, 0.5) is 13.2 Å². The van der Waals surface area contributed by atoms with Gasteiger partial charge >= 0.3 is 6.18 Å². The van der Waals surface area contributed by atoms with Gasteiger partial charge in [-0.25, -0.2) is 0 Å². The molecule has 0 radical (unpaired) electrons. The summed E-state index contributed by atoms with van der Waals surface area (Å²) in [4.78, 5) is 22.4. The zero-order valence-corrected chi connectivity index (χ0v) is 9.30. The van der Waals surface area contributed by atoms with Crippen LogP contribution < -0.4 is 10.3 Å². The van der Waals surface area contributed by atoms with Crippen LogP contribution in [0.1, 0.15) is 10.4 Å². The van der Waals surface area contributed by atoms with Crippen LogP contribution in [0.15, 0.2) is 17.1 Å². The Labute approximate surface area is 98.6 Å². The van der Waals surface area contributed by atoms with Crippen molar-refractivity contribution in [1.82, 2.24) is 4.57 Å². The summed E-state index contributed by atoms with van der Waals surface area (Å²) in [6, 6.07) is 1.00. The van der Waals surface area contributed by atoms with Gasteiger partial charge in [-0.3, -0.25) is 9.59 Å². The zero-order valence-electron chi connectivity index (χ0n) is 8.55. The predicted octanol–water partition coefficient (Wildman–Crippen LogP) is 1.80. The SMILES string of the molecule is COc1c(C(=O)Cl)ccn(CC(F)(F)F)c1=O. The van der Waals surface area contributed by atoms with Crippen LogP contribution in [0.3, 0.4) is 0 Å². The Morgan fingerprint density at radius 3 is 2.53 bits per heavy atom. The molecule has 0 saturated heterocycles. The van der Waals surface area contributed by atoms with Gasteiger partial charge in [0.1, 0.15) is 6.54 Å². The maximum atomic E-state index is 12.1. The Morgan fingerprint density at radius 2 is 2.12 bits per heavy atom. The first kappa shape index (κ1) is 13.6. The van der Waals surface area contributed by atoms with Crippen LogP contribution in [0.2, 0.25) is 0 Å². The van der Waals surface area contributed by atoms with Crippen LogP contribution in [-0.4, -0.2) is 23.1 Å². The number of nitrogens with zero attached hydrogens (tertiary/aromatic N) is 1. The number of aromatic nitrogens is 1. The fourth-order valence-electron chi connectivity index (χ4n) is 1.22. The Bertz CT molecular complexity index is 495. The second-order valence-corrected chi connectivity index (χ2v) is 3.43. The molecule has 0 atom stereocenters. The van der Waals surface area contributed by atoms with E-state index in [4.69, 9.17) is 11.6 Å². The Hall–Kier alpha value is -1.50.